The highest BCUT2D eigenvalue weighted by Crippen LogP contribution is 2.32. The van der Waals surface area contributed by atoms with Gasteiger partial charge in [-0.2, -0.15) is 5.48 Å². The maximum Gasteiger partial charge on any atom is 0.0894 e. The monoisotopic (exact) mass is 155 g/mol. The summed E-state index contributed by atoms with van der Waals surface area (Å²) in [5.41, 5.74) is 4.24. The highest BCUT2D eigenvalue weighted by atomic mass is 16.7. The van der Waals surface area contributed by atoms with Crippen molar-refractivity contribution < 1.29 is 9.57 Å². The first-order valence-electron chi connectivity index (χ1n) is 3.93. The van der Waals surface area contributed by atoms with Gasteiger partial charge in [-0.25, -0.2) is 0 Å². The van der Waals surface area contributed by atoms with Crippen molar-refractivity contribution in [1.29, 1.82) is 0 Å². The van der Waals surface area contributed by atoms with Crippen molar-refractivity contribution in [3.8, 4) is 0 Å². The van der Waals surface area contributed by atoms with Crippen molar-refractivity contribution in [2.24, 2.45) is 0 Å². The van der Waals surface area contributed by atoms with Crippen LogP contribution in [0, 0.1) is 0 Å². The van der Waals surface area contributed by atoms with Gasteiger partial charge in [0, 0.05) is 0 Å². The summed E-state index contributed by atoms with van der Waals surface area (Å²) in [7, 11) is 0. The van der Waals surface area contributed by atoms with Gasteiger partial charge in [0.1, 0.15) is 0 Å². The molecule has 11 heavy (non-hydrogen) atoms. The predicted molar refractivity (Wildman–Crippen MR) is 41.0 cm³/mol. The number of hydrogen-bond acceptors (Lipinski definition) is 3. The lowest BCUT2D eigenvalue weighted by molar-refractivity contribution is -0.0307. The third-order valence-electron chi connectivity index (χ3n) is 2.67. The zero-order chi connectivity index (χ0) is 7.90. The van der Waals surface area contributed by atoms with Gasteiger partial charge < -0.3 is 4.74 Å². The van der Waals surface area contributed by atoms with Gasteiger partial charge in [-0.05, 0) is 19.4 Å². The third kappa shape index (κ3) is 0.922. The minimum atomic E-state index is -0.0851. The van der Waals surface area contributed by atoms with Gasteiger partial charge >= 0.3 is 0 Å². The van der Waals surface area contributed by atoms with Crippen LogP contribution in [0.15, 0.2) is 11.6 Å². The van der Waals surface area contributed by atoms with Gasteiger partial charge in [0.15, 0.2) is 0 Å². The molecule has 3 heteroatoms. The maximum absolute atomic E-state index is 5.49. The molecule has 2 rings (SSSR count). The van der Waals surface area contributed by atoms with E-state index in [0.29, 0.717) is 6.61 Å². The van der Waals surface area contributed by atoms with Crippen LogP contribution in [0.3, 0.4) is 0 Å². The second-order valence-electron chi connectivity index (χ2n) is 3.30. The van der Waals surface area contributed by atoms with Gasteiger partial charge in [0.2, 0.25) is 0 Å². The maximum atomic E-state index is 5.49. The lowest BCUT2D eigenvalue weighted by atomic mass is 9.90. The molecule has 1 fully saturated rings. The van der Waals surface area contributed by atoms with E-state index in [2.05, 4.69) is 25.4 Å². The first-order chi connectivity index (χ1) is 5.23. The molecule has 2 aliphatic heterocycles. The summed E-state index contributed by atoms with van der Waals surface area (Å²) >= 11 is 0. The Morgan fingerprint density at radius 2 is 2.55 bits per heavy atom. The molecule has 3 nitrogen and oxygen atoms in total. The molecule has 0 bridgehead atoms. The van der Waals surface area contributed by atoms with Crippen LogP contribution >= 0.6 is 0 Å². The van der Waals surface area contributed by atoms with Gasteiger partial charge in [0.05, 0.1) is 24.9 Å². The Hall–Kier alpha value is -0.380. The fraction of sp³-hybridized carbons (Fsp3) is 0.750. The number of nitrogens with one attached hydrogen (secondary N) is 1. The number of fused-ring (bicyclic) bond motifs is 1. The van der Waals surface area contributed by atoms with E-state index in [4.69, 9.17) is 9.57 Å². The number of ether oxygens (including phenoxy) is 1. The fourth-order valence-electron chi connectivity index (χ4n) is 1.55. The van der Waals surface area contributed by atoms with Gasteiger partial charge in [-0.15, -0.1) is 0 Å². The van der Waals surface area contributed by atoms with E-state index in [9.17, 15) is 0 Å². The highest BCUT2D eigenvalue weighted by Gasteiger charge is 2.43. The molecule has 62 valence electrons. The van der Waals surface area contributed by atoms with Gasteiger partial charge in [-0.3, -0.25) is 4.84 Å². The molecule has 0 aromatic carbocycles. The van der Waals surface area contributed by atoms with Crippen LogP contribution in [0.4, 0.5) is 0 Å². The molecule has 2 atom stereocenters. The van der Waals surface area contributed by atoms with Crippen LogP contribution in [0.1, 0.15) is 13.8 Å². The first-order valence-corrected chi connectivity index (χ1v) is 3.93. The summed E-state index contributed by atoms with van der Waals surface area (Å²) in [5.74, 6) is 0. The van der Waals surface area contributed by atoms with Crippen LogP contribution in [0.2, 0.25) is 0 Å². The molecule has 1 N–H and O–H groups in total. The zero-order valence-corrected chi connectivity index (χ0v) is 6.89. The molecule has 0 unspecified atom stereocenters. The summed E-state index contributed by atoms with van der Waals surface area (Å²) in [6.45, 7) is 5.56. The summed E-state index contributed by atoms with van der Waals surface area (Å²) < 4.78 is 5.49. The number of hydroxylamine groups is 1. The van der Waals surface area contributed by atoms with Crippen molar-refractivity contribution in [2.75, 3.05) is 13.2 Å². The van der Waals surface area contributed by atoms with Crippen LogP contribution < -0.4 is 5.48 Å². The molecule has 0 radical (unpaired) electrons. The molecule has 0 aromatic rings. The molecular weight excluding hydrogens is 142 g/mol. The third-order valence-corrected chi connectivity index (χ3v) is 2.67. The quantitative estimate of drug-likeness (QED) is 0.520. The predicted octanol–water partition coefficient (Wildman–Crippen LogP) is 0.625. The van der Waals surface area contributed by atoms with Crippen LogP contribution in [0.5, 0.6) is 0 Å². The van der Waals surface area contributed by atoms with Gasteiger partial charge in [0.25, 0.3) is 0 Å². The van der Waals surface area contributed by atoms with E-state index in [-0.39, 0.29) is 11.6 Å². The minimum Gasteiger partial charge on any atom is -0.372 e. The molecule has 2 aliphatic rings. The van der Waals surface area contributed by atoms with Crippen LogP contribution in [-0.2, 0) is 9.57 Å². The molecule has 0 aromatic heterocycles. The topological polar surface area (TPSA) is 30.5 Å². The van der Waals surface area contributed by atoms with Crippen LogP contribution in [-0.4, -0.2) is 24.9 Å². The number of rotatable bonds is 0. The minimum absolute atomic E-state index is 0.0851. The average molecular weight is 155 g/mol. The smallest absolute Gasteiger partial charge is 0.0894 e. The standard InChI is InChI=1S/C8H13NO2/c1-6-8(2)7(5-10-6)3-4-11-9-8/h3,6,9H,4-5H2,1-2H3/t6-,8-/m0/s1. The summed E-state index contributed by atoms with van der Waals surface area (Å²) in [6.07, 6.45) is 2.30. The molecule has 0 aliphatic carbocycles. The normalized spacial score (nSPS) is 43.5. The van der Waals surface area contributed by atoms with E-state index in [1.165, 1.54) is 5.57 Å². The van der Waals surface area contributed by atoms with Crippen LogP contribution in [0.25, 0.3) is 0 Å². The Labute approximate surface area is 66.3 Å². The highest BCUT2D eigenvalue weighted by molar-refractivity contribution is 5.26. The van der Waals surface area contributed by atoms with Crippen molar-refractivity contribution in [3.05, 3.63) is 11.6 Å². The van der Waals surface area contributed by atoms with Crippen molar-refractivity contribution in [1.82, 2.24) is 5.48 Å². The lowest BCUT2D eigenvalue weighted by Gasteiger charge is -2.32. The van der Waals surface area contributed by atoms with Crippen molar-refractivity contribution >= 4 is 0 Å². The second-order valence-corrected chi connectivity index (χ2v) is 3.30. The summed E-state index contributed by atoms with van der Waals surface area (Å²) in [6, 6.07) is 0. The van der Waals surface area contributed by atoms with Crippen molar-refractivity contribution in [2.45, 2.75) is 25.5 Å². The SMILES string of the molecule is C[C@@H]1OCC2=CCON[C@]21C. The molecule has 2 heterocycles. The molecule has 0 saturated carbocycles. The summed E-state index contributed by atoms with van der Waals surface area (Å²) in [4.78, 5) is 5.15. The molecule has 1 saturated heterocycles. The first kappa shape index (κ1) is 7.28. The lowest BCUT2D eigenvalue weighted by Crippen LogP contribution is -2.51. The zero-order valence-electron chi connectivity index (χ0n) is 6.89. The second kappa shape index (κ2) is 2.30. The number of hydrogen-bond donors (Lipinski definition) is 1. The van der Waals surface area contributed by atoms with Gasteiger partial charge in [-0.1, -0.05) is 6.08 Å². The Morgan fingerprint density at radius 3 is 3.27 bits per heavy atom. The van der Waals surface area contributed by atoms with E-state index in [1.54, 1.807) is 0 Å². The van der Waals surface area contributed by atoms with E-state index >= 15 is 0 Å². The largest absolute Gasteiger partial charge is 0.372 e. The Balaban J connectivity index is 2.32. The Bertz CT molecular complexity index is 202. The average Bonchev–Trinajstić information content (AvgIpc) is 2.29. The molecule has 0 spiro atoms. The summed E-state index contributed by atoms with van der Waals surface area (Å²) in [5, 5.41) is 0. The Morgan fingerprint density at radius 1 is 1.73 bits per heavy atom. The fourth-order valence-corrected chi connectivity index (χ4v) is 1.55. The Kier molecular flexibility index (Phi) is 1.52. The van der Waals surface area contributed by atoms with E-state index in [0.717, 1.165) is 6.61 Å². The molecular formula is C8H13NO2. The van der Waals surface area contributed by atoms with Crippen molar-refractivity contribution in [3.63, 3.8) is 0 Å². The van der Waals surface area contributed by atoms with E-state index in [1.807, 2.05) is 0 Å². The molecule has 0 amide bonds. The van der Waals surface area contributed by atoms with E-state index < -0.39 is 0 Å².